The number of aliphatic hydroxyl groups is 1. The fraction of sp³-hybridized carbons (Fsp3) is 0.615. The van der Waals surface area contributed by atoms with Gasteiger partial charge in [-0.25, -0.2) is 13.8 Å². The largest absolute Gasteiger partial charge is 0.395 e. The van der Waals surface area contributed by atoms with E-state index < -0.39 is 31.0 Å². The third-order valence-corrected chi connectivity index (χ3v) is 3.31. The molecule has 0 radical (unpaired) electrons. The summed E-state index contributed by atoms with van der Waals surface area (Å²) in [5, 5.41) is 8.87. The smallest absolute Gasteiger partial charge is 0.264 e. The van der Waals surface area contributed by atoms with E-state index in [0.29, 0.717) is 5.82 Å². The second-order valence-electron chi connectivity index (χ2n) is 5.05. The zero-order chi connectivity index (χ0) is 15.6. The Bertz CT molecular complexity index is 585. The molecule has 1 heterocycles. The summed E-state index contributed by atoms with van der Waals surface area (Å²) in [7, 11) is 0. The van der Waals surface area contributed by atoms with Gasteiger partial charge in [-0.2, -0.15) is 0 Å². The van der Waals surface area contributed by atoms with Crippen LogP contribution >= 0.6 is 0 Å². The monoisotopic (exact) mass is 301 g/mol. The van der Waals surface area contributed by atoms with Gasteiger partial charge >= 0.3 is 0 Å². The summed E-state index contributed by atoms with van der Waals surface area (Å²) in [5.41, 5.74) is -0.636. The second kappa shape index (κ2) is 6.30. The summed E-state index contributed by atoms with van der Waals surface area (Å²) in [6, 6.07) is 0. The van der Waals surface area contributed by atoms with Crippen molar-refractivity contribution in [2.24, 2.45) is 0 Å². The lowest BCUT2D eigenvalue weighted by molar-refractivity contribution is 0.0506. The van der Waals surface area contributed by atoms with Crippen LogP contribution in [0.2, 0.25) is 0 Å². The van der Waals surface area contributed by atoms with Crippen molar-refractivity contribution >= 4 is 5.91 Å². The Morgan fingerprint density at radius 2 is 2.19 bits per heavy atom. The average Bonchev–Trinajstić information content (AvgIpc) is 3.20. The highest BCUT2D eigenvalue weighted by Crippen LogP contribution is 2.37. The lowest BCUT2D eigenvalue weighted by Gasteiger charge is -2.21. The Morgan fingerprint density at radius 1 is 1.52 bits per heavy atom. The molecule has 0 atom stereocenters. The molecule has 1 aliphatic carbocycles. The van der Waals surface area contributed by atoms with Gasteiger partial charge in [0, 0.05) is 12.5 Å². The zero-order valence-corrected chi connectivity index (χ0v) is 11.6. The Morgan fingerprint density at radius 3 is 2.67 bits per heavy atom. The van der Waals surface area contributed by atoms with E-state index in [9.17, 15) is 18.4 Å². The van der Waals surface area contributed by atoms with Crippen LogP contribution in [0.3, 0.4) is 0 Å². The van der Waals surface area contributed by atoms with E-state index in [4.69, 9.17) is 5.11 Å². The van der Waals surface area contributed by atoms with Crippen LogP contribution in [0.1, 0.15) is 40.6 Å². The minimum atomic E-state index is -2.74. The molecule has 1 aliphatic rings. The molecule has 0 spiro atoms. The van der Waals surface area contributed by atoms with E-state index in [1.165, 1.54) is 6.92 Å². The quantitative estimate of drug-likeness (QED) is 0.808. The van der Waals surface area contributed by atoms with Gasteiger partial charge in [0.15, 0.2) is 0 Å². The van der Waals surface area contributed by atoms with Crippen molar-refractivity contribution in [3.8, 4) is 0 Å². The number of carbonyl (C=O) groups is 1. The van der Waals surface area contributed by atoms with Crippen LogP contribution in [0.5, 0.6) is 0 Å². The van der Waals surface area contributed by atoms with Crippen molar-refractivity contribution in [3.05, 3.63) is 27.4 Å². The molecular weight excluding hydrogens is 284 g/mol. The Hall–Kier alpha value is -1.83. The van der Waals surface area contributed by atoms with Crippen LogP contribution in [-0.4, -0.2) is 52.0 Å². The minimum Gasteiger partial charge on any atom is -0.395 e. The topological polar surface area (TPSA) is 86.3 Å². The highest BCUT2D eigenvalue weighted by Gasteiger charge is 2.29. The Kier molecular flexibility index (Phi) is 4.66. The van der Waals surface area contributed by atoms with E-state index in [1.54, 1.807) is 0 Å². The van der Waals surface area contributed by atoms with Crippen molar-refractivity contribution in [2.75, 3.05) is 19.7 Å². The van der Waals surface area contributed by atoms with Gasteiger partial charge < -0.3 is 15.0 Å². The molecule has 0 unspecified atom stereocenters. The van der Waals surface area contributed by atoms with Crippen molar-refractivity contribution < 1.29 is 18.7 Å². The summed E-state index contributed by atoms with van der Waals surface area (Å²) in [6.07, 6.45) is -0.853. The first-order valence-corrected chi connectivity index (χ1v) is 6.73. The van der Waals surface area contributed by atoms with Gasteiger partial charge in [0.1, 0.15) is 11.4 Å². The van der Waals surface area contributed by atoms with Crippen molar-refractivity contribution in [3.63, 3.8) is 0 Å². The molecule has 6 nitrogen and oxygen atoms in total. The number of hydrogen-bond donors (Lipinski definition) is 2. The fourth-order valence-corrected chi connectivity index (χ4v) is 2.13. The predicted octanol–water partition coefficient (Wildman–Crippen LogP) is 0.655. The van der Waals surface area contributed by atoms with Gasteiger partial charge in [0.25, 0.3) is 17.9 Å². The third-order valence-electron chi connectivity index (χ3n) is 3.31. The number of alkyl halides is 2. The Balaban J connectivity index is 2.30. The number of hydrogen-bond acceptors (Lipinski definition) is 4. The van der Waals surface area contributed by atoms with Gasteiger partial charge in [-0.15, -0.1) is 0 Å². The number of H-pyrrole nitrogens is 1. The summed E-state index contributed by atoms with van der Waals surface area (Å²) in [6.45, 7) is -0.0358. The van der Waals surface area contributed by atoms with E-state index >= 15 is 0 Å². The molecule has 0 aromatic carbocycles. The molecule has 2 N–H and O–H groups in total. The van der Waals surface area contributed by atoms with Crippen molar-refractivity contribution in [1.29, 1.82) is 0 Å². The molecule has 1 amide bonds. The van der Waals surface area contributed by atoms with Gasteiger partial charge in [0.05, 0.1) is 18.8 Å². The zero-order valence-electron chi connectivity index (χ0n) is 11.6. The van der Waals surface area contributed by atoms with Crippen molar-refractivity contribution in [1.82, 2.24) is 14.9 Å². The van der Waals surface area contributed by atoms with E-state index in [2.05, 4.69) is 9.97 Å². The lowest BCUT2D eigenvalue weighted by atomic mass is 10.2. The summed E-state index contributed by atoms with van der Waals surface area (Å²) in [4.78, 5) is 31.8. The SMILES string of the molecule is Cc1nc(C2CC2)[nH]c(=O)c1C(=O)N(CCO)CC(F)F. The molecule has 8 heteroatoms. The standard InChI is InChI=1S/C13H17F2N3O3/c1-7-10(12(20)17-11(16-7)8-2-3-8)13(21)18(4-5-19)6-9(14)15/h8-9,19H,2-6H2,1H3,(H,16,17,20). The normalized spacial score (nSPS) is 14.5. The number of aromatic nitrogens is 2. The minimum absolute atomic E-state index is 0.218. The molecule has 0 saturated heterocycles. The highest BCUT2D eigenvalue weighted by atomic mass is 19.3. The number of amides is 1. The fourth-order valence-electron chi connectivity index (χ4n) is 2.13. The molecule has 0 bridgehead atoms. The van der Waals surface area contributed by atoms with Crippen LogP contribution in [-0.2, 0) is 0 Å². The summed E-state index contributed by atoms with van der Waals surface area (Å²) in [5.74, 6) is -0.0790. The van der Waals surface area contributed by atoms with Gasteiger partial charge in [-0.05, 0) is 19.8 Å². The number of nitrogens with zero attached hydrogens (tertiary/aromatic N) is 2. The number of aromatic amines is 1. The van der Waals surface area contributed by atoms with Crippen LogP contribution in [0.15, 0.2) is 4.79 Å². The molecule has 1 aromatic heterocycles. The summed E-state index contributed by atoms with van der Waals surface area (Å²) < 4.78 is 25.0. The van der Waals surface area contributed by atoms with Crippen LogP contribution in [0.25, 0.3) is 0 Å². The molecule has 1 saturated carbocycles. The van der Waals surface area contributed by atoms with E-state index in [1.807, 2.05) is 0 Å². The second-order valence-corrected chi connectivity index (χ2v) is 5.05. The first-order valence-electron chi connectivity index (χ1n) is 6.73. The van der Waals surface area contributed by atoms with Gasteiger partial charge in [-0.1, -0.05) is 0 Å². The molecule has 116 valence electrons. The van der Waals surface area contributed by atoms with Crippen LogP contribution < -0.4 is 5.56 Å². The summed E-state index contributed by atoms with van der Waals surface area (Å²) >= 11 is 0. The molecule has 21 heavy (non-hydrogen) atoms. The number of carbonyl (C=O) groups excluding carboxylic acids is 1. The Labute approximate surface area is 119 Å². The number of aryl methyl sites for hydroxylation is 1. The van der Waals surface area contributed by atoms with E-state index in [0.717, 1.165) is 17.7 Å². The molecule has 1 aromatic rings. The maximum Gasteiger partial charge on any atom is 0.264 e. The third kappa shape index (κ3) is 3.63. The van der Waals surface area contributed by atoms with Gasteiger partial charge in [-0.3, -0.25) is 9.59 Å². The first kappa shape index (κ1) is 15.6. The number of nitrogens with one attached hydrogen (secondary N) is 1. The van der Waals surface area contributed by atoms with Crippen LogP contribution in [0, 0.1) is 6.92 Å². The number of aliphatic hydroxyl groups excluding tert-OH is 1. The first-order chi connectivity index (χ1) is 9.93. The molecule has 1 fully saturated rings. The maximum atomic E-state index is 12.5. The van der Waals surface area contributed by atoms with Gasteiger partial charge in [0.2, 0.25) is 0 Å². The average molecular weight is 301 g/mol. The lowest BCUT2D eigenvalue weighted by Crippen LogP contribution is -2.40. The number of halogens is 2. The predicted molar refractivity (Wildman–Crippen MR) is 70.6 cm³/mol. The van der Waals surface area contributed by atoms with E-state index in [-0.39, 0.29) is 23.7 Å². The highest BCUT2D eigenvalue weighted by molar-refractivity contribution is 5.94. The van der Waals surface area contributed by atoms with Crippen LogP contribution in [0.4, 0.5) is 8.78 Å². The maximum absolute atomic E-state index is 12.5. The van der Waals surface area contributed by atoms with Crippen molar-refractivity contribution in [2.45, 2.75) is 32.1 Å². The molecular formula is C13H17F2N3O3. The molecule has 0 aliphatic heterocycles. The molecule has 2 rings (SSSR count). The number of rotatable bonds is 6.